The van der Waals surface area contributed by atoms with Crippen LogP contribution in [0.4, 0.5) is 4.39 Å². The SMILES string of the molecule is C=CC1(n2ccc3c(F)cccc32)C=CC=CC1. The molecular formula is C16H14FN. The lowest BCUT2D eigenvalue weighted by Gasteiger charge is -2.30. The van der Waals surface area contributed by atoms with Crippen LogP contribution in [0.3, 0.4) is 0 Å². The van der Waals surface area contributed by atoms with E-state index in [2.05, 4.69) is 23.3 Å². The summed E-state index contributed by atoms with van der Waals surface area (Å²) >= 11 is 0. The molecule has 2 aromatic rings. The van der Waals surface area contributed by atoms with Crippen molar-refractivity contribution in [3.8, 4) is 0 Å². The summed E-state index contributed by atoms with van der Waals surface area (Å²) in [5.41, 5.74) is 0.611. The molecule has 1 aliphatic rings. The number of nitrogens with zero attached hydrogens (tertiary/aromatic N) is 1. The second-order valence-corrected chi connectivity index (χ2v) is 4.55. The van der Waals surface area contributed by atoms with E-state index in [0.717, 1.165) is 11.9 Å². The van der Waals surface area contributed by atoms with Crippen molar-refractivity contribution in [3.05, 3.63) is 73.2 Å². The molecule has 0 saturated carbocycles. The number of rotatable bonds is 2. The summed E-state index contributed by atoms with van der Waals surface area (Å²) < 4.78 is 15.8. The molecule has 1 unspecified atom stereocenters. The number of halogens is 1. The molecule has 0 fully saturated rings. The lowest BCUT2D eigenvalue weighted by molar-refractivity contribution is 0.484. The molecule has 2 heteroatoms. The van der Waals surface area contributed by atoms with Gasteiger partial charge in [-0.15, -0.1) is 6.58 Å². The largest absolute Gasteiger partial charge is 0.334 e. The van der Waals surface area contributed by atoms with Crippen molar-refractivity contribution >= 4 is 10.9 Å². The Bertz CT molecular complexity index is 663. The van der Waals surface area contributed by atoms with Crippen LogP contribution in [0, 0.1) is 5.82 Å². The van der Waals surface area contributed by atoms with Gasteiger partial charge in [-0.25, -0.2) is 4.39 Å². The van der Waals surface area contributed by atoms with Gasteiger partial charge in [-0.3, -0.25) is 0 Å². The van der Waals surface area contributed by atoms with Gasteiger partial charge in [0.2, 0.25) is 0 Å². The molecule has 3 rings (SSSR count). The normalized spacial score (nSPS) is 22.5. The third-order valence-electron chi connectivity index (χ3n) is 3.56. The number of hydrogen-bond acceptors (Lipinski definition) is 0. The standard InChI is InChI=1S/C16H14FN/c1-2-16(10-4-3-5-11-16)18-12-9-13-14(17)7-6-8-15(13)18/h2-10,12H,1,11H2. The van der Waals surface area contributed by atoms with Crippen LogP contribution in [0.25, 0.3) is 10.9 Å². The highest BCUT2D eigenvalue weighted by Gasteiger charge is 2.26. The summed E-state index contributed by atoms with van der Waals surface area (Å²) in [6, 6.07) is 7.00. The first-order chi connectivity index (χ1) is 8.77. The topological polar surface area (TPSA) is 4.93 Å². The Morgan fingerprint density at radius 3 is 2.89 bits per heavy atom. The molecule has 90 valence electrons. The van der Waals surface area contributed by atoms with Gasteiger partial charge in [0.25, 0.3) is 0 Å². The maximum Gasteiger partial charge on any atom is 0.132 e. The number of fused-ring (bicyclic) bond motifs is 1. The van der Waals surface area contributed by atoms with E-state index in [9.17, 15) is 4.39 Å². The van der Waals surface area contributed by atoms with E-state index < -0.39 is 0 Å². The molecule has 0 bridgehead atoms. The summed E-state index contributed by atoms with van der Waals surface area (Å²) in [6.07, 6.45) is 12.9. The van der Waals surface area contributed by atoms with E-state index in [-0.39, 0.29) is 11.4 Å². The fraction of sp³-hybridized carbons (Fsp3) is 0.125. The minimum Gasteiger partial charge on any atom is -0.334 e. The molecule has 1 atom stereocenters. The zero-order chi connectivity index (χ0) is 12.6. The first-order valence-electron chi connectivity index (χ1n) is 6.01. The second-order valence-electron chi connectivity index (χ2n) is 4.55. The molecule has 0 amide bonds. The summed E-state index contributed by atoms with van der Waals surface area (Å²) in [4.78, 5) is 0. The second kappa shape index (κ2) is 3.98. The molecule has 0 spiro atoms. The van der Waals surface area contributed by atoms with E-state index in [0.29, 0.717) is 5.39 Å². The van der Waals surface area contributed by atoms with E-state index >= 15 is 0 Å². The summed E-state index contributed by atoms with van der Waals surface area (Å²) in [5.74, 6) is -0.180. The molecule has 18 heavy (non-hydrogen) atoms. The van der Waals surface area contributed by atoms with E-state index in [1.807, 2.05) is 36.6 Å². The smallest absolute Gasteiger partial charge is 0.132 e. The molecule has 0 N–H and O–H groups in total. The summed E-state index contributed by atoms with van der Waals surface area (Å²) in [6.45, 7) is 3.94. The first-order valence-corrected chi connectivity index (χ1v) is 6.01. The van der Waals surface area contributed by atoms with Crippen LogP contribution < -0.4 is 0 Å². The van der Waals surface area contributed by atoms with Crippen LogP contribution in [-0.2, 0) is 5.54 Å². The number of aromatic nitrogens is 1. The van der Waals surface area contributed by atoms with E-state index in [1.54, 1.807) is 6.07 Å². The Balaban J connectivity index is 2.25. The first kappa shape index (κ1) is 11.0. The third kappa shape index (κ3) is 1.46. The van der Waals surface area contributed by atoms with E-state index in [4.69, 9.17) is 0 Å². The number of allylic oxidation sites excluding steroid dienone is 5. The van der Waals surface area contributed by atoms with Crippen LogP contribution in [0.5, 0.6) is 0 Å². The van der Waals surface area contributed by atoms with Gasteiger partial charge in [0.1, 0.15) is 5.82 Å². The summed E-state index contributed by atoms with van der Waals surface area (Å²) in [5, 5.41) is 0.654. The van der Waals surface area contributed by atoms with Crippen molar-refractivity contribution in [2.75, 3.05) is 0 Å². The predicted octanol–water partition coefficient (Wildman–Crippen LogP) is 4.18. The molecular weight excluding hydrogens is 225 g/mol. The average molecular weight is 239 g/mol. The lowest BCUT2D eigenvalue weighted by atomic mass is 9.91. The molecule has 1 aromatic heterocycles. The minimum atomic E-state index is -0.287. The monoisotopic (exact) mass is 239 g/mol. The lowest BCUT2D eigenvalue weighted by Crippen LogP contribution is -2.28. The molecule has 1 heterocycles. The molecule has 0 saturated heterocycles. The van der Waals surface area contributed by atoms with Crippen molar-refractivity contribution in [2.24, 2.45) is 0 Å². The van der Waals surface area contributed by atoms with Gasteiger partial charge in [0, 0.05) is 11.6 Å². The van der Waals surface area contributed by atoms with Crippen molar-refractivity contribution in [1.29, 1.82) is 0 Å². The average Bonchev–Trinajstić information content (AvgIpc) is 2.85. The van der Waals surface area contributed by atoms with Crippen LogP contribution in [0.15, 0.2) is 67.4 Å². The molecule has 1 aliphatic carbocycles. The van der Waals surface area contributed by atoms with Crippen LogP contribution in [0.1, 0.15) is 6.42 Å². The Morgan fingerprint density at radius 2 is 2.17 bits per heavy atom. The Morgan fingerprint density at radius 1 is 1.28 bits per heavy atom. The zero-order valence-electron chi connectivity index (χ0n) is 10.0. The quantitative estimate of drug-likeness (QED) is 0.693. The highest BCUT2D eigenvalue weighted by atomic mass is 19.1. The van der Waals surface area contributed by atoms with Gasteiger partial charge in [0.05, 0.1) is 11.1 Å². The molecule has 1 nitrogen and oxygen atoms in total. The Kier molecular flexibility index (Phi) is 2.44. The fourth-order valence-corrected chi connectivity index (χ4v) is 2.55. The predicted molar refractivity (Wildman–Crippen MR) is 73.0 cm³/mol. The van der Waals surface area contributed by atoms with Crippen molar-refractivity contribution < 1.29 is 4.39 Å². The van der Waals surface area contributed by atoms with E-state index in [1.165, 1.54) is 6.07 Å². The van der Waals surface area contributed by atoms with Crippen molar-refractivity contribution in [3.63, 3.8) is 0 Å². The maximum absolute atomic E-state index is 13.7. The molecule has 0 aliphatic heterocycles. The van der Waals surface area contributed by atoms with Gasteiger partial charge < -0.3 is 4.57 Å². The minimum absolute atomic E-state index is 0.180. The van der Waals surface area contributed by atoms with Gasteiger partial charge in [0.15, 0.2) is 0 Å². The van der Waals surface area contributed by atoms with Crippen LogP contribution in [0.2, 0.25) is 0 Å². The molecule has 1 aromatic carbocycles. The van der Waals surface area contributed by atoms with Crippen molar-refractivity contribution in [1.82, 2.24) is 4.57 Å². The third-order valence-corrected chi connectivity index (χ3v) is 3.56. The highest BCUT2D eigenvalue weighted by molar-refractivity contribution is 5.81. The molecule has 0 radical (unpaired) electrons. The van der Waals surface area contributed by atoms with Crippen LogP contribution >= 0.6 is 0 Å². The number of hydrogen-bond donors (Lipinski definition) is 0. The van der Waals surface area contributed by atoms with Gasteiger partial charge in [-0.1, -0.05) is 36.4 Å². The fourth-order valence-electron chi connectivity index (χ4n) is 2.55. The summed E-state index contributed by atoms with van der Waals surface area (Å²) in [7, 11) is 0. The Hall–Kier alpha value is -2.09. The highest BCUT2D eigenvalue weighted by Crippen LogP contribution is 2.32. The zero-order valence-corrected chi connectivity index (χ0v) is 10.0. The van der Waals surface area contributed by atoms with Crippen molar-refractivity contribution in [2.45, 2.75) is 12.0 Å². The van der Waals surface area contributed by atoms with Gasteiger partial charge >= 0.3 is 0 Å². The van der Waals surface area contributed by atoms with Gasteiger partial charge in [-0.05, 0) is 24.6 Å². The van der Waals surface area contributed by atoms with Crippen LogP contribution in [-0.4, -0.2) is 4.57 Å². The Labute approximate surface area is 106 Å². The maximum atomic E-state index is 13.7. The number of benzene rings is 1. The van der Waals surface area contributed by atoms with Gasteiger partial charge in [-0.2, -0.15) is 0 Å².